The molecule has 0 aliphatic carbocycles. The third kappa shape index (κ3) is 5.97. The van der Waals surface area contributed by atoms with E-state index in [1.165, 1.54) is 37.5 Å². The van der Waals surface area contributed by atoms with Gasteiger partial charge in [0.05, 0.1) is 17.3 Å². The molecular formula is C24H29F2N7O2. The zero-order valence-electron chi connectivity index (χ0n) is 19.9. The minimum absolute atomic E-state index is 0.0113. The van der Waals surface area contributed by atoms with Gasteiger partial charge in [0.15, 0.2) is 6.23 Å². The van der Waals surface area contributed by atoms with E-state index in [2.05, 4.69) is 20.2 Å². The maximum atomic E-state index is 13.8. The molecule has 0 saturated carbocycles. The molecule has 2 heterocycles. The smallest absolute Gasteiger partial charge is 0.357 e. The van der Waals surface area contributed by atoms with Crippen molar-refractivity contribution >= 4 is 11.7 Å². The number of carbonyl (C=O) groups is 1. The van der Waals surface area contributed by atoms with Crippen LogP contribution in [0.3, 0.4) is 0 Å². The van der Waals surface area contributed by atoms with Crippen molar-refractivity contribution in [1.82, 2.24) is 20.1 Å². The molecule has 1 fully saturated rings. The van der Waals surface area contributed by atoms with Crippen LogP contribution in [-0.4, -0.2) is 71.9 Å². The molecule has 1 aromatic carbocycles. The number of pyridine rings is 1. The summed E-state index contributed by atoms with van der Waals surface area (Å²) < 4.78 is 27.7. The number of amides is 1. The predicted octanol–water partition coefficient (Wildman–Crippen LogP) is 1.76. The van der Waals surface area contributed by atoms with Gasteiger partial charge >= 0.3 is 5.92 Å². The number of carbonyl (C=O) groups excluding carboxylic acids is 1. The van der Waals surface area contributed by atoms with Gasteiger partial charge in [-0.1, -0.05) is 18.2 Å². The molecule has 1 unspecified atom stereocenters. The number of alkyl halides is 2. The first-order valence-corrected chi connectivity index (χ1v) is 11.1. The van der Waals surface area contributed by atoms with Crippen LogP contribution < -0.4 is 11.1 Å². The summed E-state index contributed by atoms with van der Waals surface area (Å²) >= 11 is 0. The molecule has 1 aliphatic heterocycles. The number of nitrogens with zero attached hydrogens (tertiary/aromatic N) is 5. The van der Waals surface area contributed by atoms with Gasteiger partial charge in [0.1, 0.15) is 11.9 Å². The minimum atomic E-state index is -3.63. The molecule has 9 nitrogen and oxygen atoms in total. The third-order valence-corrected chi connectivity index (χ3v) is 6.03. The lowest BCUT2D eigenvalue weighted by atomic mass is 10.0. The van der Waals surface area contributed by atoms with Gasteiger partial charge in [-0.2, -0.15) is 14.0 Å². The van der Waals surface area contributed by atoms with Crippen LogP contribution in [0.25, 0.3) is 0 Å². The van der Waals surface area contributed by atoms with E-state index in [0.29, 0.717) is 24.3 Å². The number of nitrogens with one attached hydrogen (secondary N) is 1. The number of nitrogens with two attached hydrogens (primary N) is 1. The summed E-state index contributed by atoms with van der Waals surface area (Å²) in [5.74, 6) is -4.08. The van der Waals surface area contributed by atoms with E-state index in [1.807, 2.05) is 11.9 Å². The number of hydrogen-bond acceptors (Lipinski definition) is 7. The van der Waals surface area contributed by atoms with Crippen LogP contribution in [0.2, 0.25) is 0 Å². The van der Waals surface area contributed by atoms with Gasteiger partial charge in [0, 0.05) is 50.6 Å². The van der Waals surface area contributed by atoms with Gasteiger partial charge in [-0.25, -0.2) is 0 Å². The van der Waals surface area contributed by atoms with E-state index in [0.717, 1.165) is 19.2 Å². The Morgan fingerprint density at radius 1 is 1.29 bits per heavy atom. The SMILES string of the molecule is CNC(=O)c1cnc(C(O)N2CCN(C)CC2)cc1C(N)=N[C@H](C)c1cccc(C(F)(F)C#N)c1. The zero-order chi connectivity index (χ0) is 25.8. The number of halogens is 2. The Balaban J connectivity index is 1.95. The van der Waals surface area contributed by atoms with Gasteiger partial charge < -0.3 is 21.1 Å². The fraction of sp³-hybridized carbons (Fsp3) is 0.417. The highest BCUT2D eigenvalue weighted by Crippen LogP contribution is 2.30. The maximum Gasteiger partial charge on any atom is 0.357 e. The topological polar surface area (TPSA) is 131 Å². The van der Waals surface area contributed by atoms with Crippen molar-refractivity contribution in [3.63, 3.8) is 0 Å². The quantitative estimate of drug-likeness (QED) is 0.402. The lowest BCUT2D eigenvalue weighted by molar-refractivity contribution is -0.0259. The van der Waals surface area contributed by atoms with E-state index >= 15 is 0 Å². The van der Waals surface area contributed by atoms with Crippen molar-refractivity contribution in [2.45, 2.75) is 25.1 Å². The summed E-state index contributed by atoms with van der Waals surface area (Å²) in [4.78, 5) is 25.2. The second kappa shape index (κ2) is 10.9. The molecule has 11 heteroatoms. The summed E-state index contributed by atoms with van der Waals surface area (Å²) in [6, 6.07) is 7.27. The highest BCUT2D eigenvalue weighted by atomic mass is 19.3. The second-order valence-electron chi connectivity index (χ2n) is 8.45. The second-order valence-corrected chi connectivity index (χ2v) is 8.45. The summed E-state index contributed by atoms with van der Waals surface area (Å²) in [5, 5.41) is 22.1. The van der Waals surface area contributed by atoms with Gasteiger partial charge in [-0.15, -0.1) is 0 Å². The average molecular weight is 486 g/mol. The predicted molar refractivity (Wildman–Crippen MR) is 127 cm³/mol. The van der Waals surface area contributed by atoms with Gasteiger partial charge in [0.2, 0.25) is 0 Å². The van der Waals surface area contributed by atoms with Gasteiger partial charge in [-0.3, -0.25) is 19.7 Å². The summed E-state index contributed by atoms with van der Waals surface area (Å²) in [6.45, 7) is 4.56. The lowest BCUT2D eigenvalue weighted by Crippen LogP contribution is -2.46. The number of piperazine rings is 1. The normalized spacial score (nSPS) is 17.5. The van der Waals surface area contributed by atoms with Crippen LogP contribution in [0.4, 0.5) is 8.78 Å². The van der Waals surface area contributed by atoms with Crippen molar-refractivity contribution < 1.29 is 18.7 Å². The Morgan fingerprint density at radius 2 is 1.97 bits per heavy atom. The summed E-state index contributed by atoms with van der Waals surface area (Å²) in [5.41, 5.74) is 7.02. The van der Waals surface area contributed by atoms with Crippen LogP contribution in [0.1, 0.15) is 51.9 Å². The number of aromatic nitrogens is 1. The lowest BCUT2D eigenvalue weighted by Gasteiger charge is -2.35. The molecular weight excluding hydrogens is 456 g/mol. The number of rotatable bonds is 7. The molecule has 4 N–H and O–H groups in total. The number of likely N-dealkylation sites (N-methyl/N-ethyl adjacent to an activating group) is 1. The van der Waals surface area contributed by atoms with E-state index in [-0.39, 0.29) is 17.0 Å². The molecule has 186 valence electrons. The number of amidine groups is 1. The molecule has 1 aromatic heterocycles. The molecule has 2 aromatic rings. The van der Waals surface area contributed by atoms with Crippen molar-refractivity contribution in [3.8, 4) is 6.07 Å². The Morgan fingerprint density at radius 3 is 2.60 bits per heavy atom. The number of aliphatic imine (C=N–C) groups is 1. The van der Waals surface area contributed by atoms with E-state index in [4.69, 9.17) is 11.0 Å². The first kappa shape index (κ1) is 26.2. The fourth-order valence-electron chi connectivity index (χ4n) is 3.80. The number of benzene rings is 1. The number of aliphatic hydroxyl groups excluding tert-OH is 1. The molecule has 1 aliphatic rings. The van der Waals surface area contributed by atoms with Gasteiger partial charge in [0.25, 0.3) is 5.91 Å². The van der Waals surface area contributed by atoms with E-state index in [1.54, 1.807) is 13.0 Å². The fourth-order valence-corrected chi connectivity index (χ4v) is 3.80. The first-order chi connectivity index (χ1) is 16.6. The van der Waals surface area contributed by atoms with Crippen molar-refractivity contribution in [1.29, 1.82) is 5.26 Å². The van der Waals surface area contributed by atoms with Crippen LogP contribution in [-0.2, 0) is 5.92 Å². The number of hydrogen-bond donors (Lipinski definition) is 3. The number of aliphatic hydroxyl groups is 1. The molecule has 3 rings (SSSR count). The minimum Gasteiger partial charge on any atom is -0.383 e. The Labute approximate surface area is 202 Å². The Bertz CT molecular complexity index is 1140. The van der Waals surface area contributed by atoms with Gasteiger partial charge in [-0.05, 0) is 31.7 Å². The van der Waals surface area contributed by atoms with Crippen LogP contribution in [0.15, 0.2) is 41.5 Å². The Hall–Kier alpha value is -3.46. The molecule has 1 amide bonds. The monoisotopic (exact) mass is 485 g/mol. The Kier molecular flexibility index (Phi) is 8.11. The molecule has 0 bridgehead atoms. The van der Waals surface area contributed by atoms with Crippen molar-refractivity contribution in [2.24, 2.45) is 10.7 Å². The first-order valence-electron chi connectivity index (χ1n) is 11.1. The molecule has 2 atom stereocenters. The largest absolute Gasteiger partial charge is 0.383 e. The van der Waals surface area contributed by atoms with E-state index in [9.17, 15) is 18.7 Å². The molecule has 0 radical (unpaired) electrons. The maximum absolute atomic E-state index is 13.8. The zero-order valence-corrected chi connectivity index (χ0v) is 19.9. The average Bonchev–Trinajstić information content (AvgIpc) is 2.87. The van der Waals surface area contributed by atoms with Crippen LogP contribution in [0, 0.1) is 11.3 Å². The highest BCUT2D eigenvalue weighted by Gasteiger charge is 2.31. The van der Waals surface area contributed by atoms with E-state index < -0.39 is 29.7 Å². The van der Waals surface area contributed by atoms with Crippen molar-refractivity contribution in [3.05, 3.63) is 64.5 Å². The molecule has 35 heavy (non-hydrogen) atoms. The van der Waals surface area contributed by atoms with Crippen LogP contribution in [0.5, 0.6) is 0 Å². The summed E-state index contributed by atoms with van der Waals surface area (Å²) in [6.07, 6.45) is 0.348. The summed E-state index contributed by atoms with van der Waals surface area (Å²) in [7, 11) is 3.48. The van der Waals surface area contributed by atoms with Crippen LogP contribution >= 0.6 is 0 Å². The molecule has 0 spiro atoms. The highest BCUT2D eigenvalue weighted by molar-refractivity contribution is 6.08. The third-order valence-electron chi connectivity index (χ3n) is 6.03. The molecule has 1 saturated heterocycles. The number of nitriles is 1. The standard InChI is InChI=1S/C24H29F2N7O2/c1-15(16-5-4-6-17(11-16)24(25,26)14-27)31-21(28)18-12-20(30-13-19(18)22(34)29-2)23(35)33-9-7-32(3)8-10-33/h4-6,11-13,15,23,35H,7-10H2,1-3H3,(H2,28,31)(H,29,34)/t15-,23?/m1/s1. The van der Waals surface area contributed by atoms with Crippen molar-refractivity contribution in [2.75, 3.05) is 40.3 Å².